The maximum absolute atomic E-state index is 13.1. The lowest BCUT2D eigenvalue weighted by Gasteiger charge is -2.21. The van der Waals surface area contributed by atoms with E-state index in [1.807, 2.05) is 0 Å². The van der Waals surface area contributed by atoms with Crippen molar-refractivity contribution in [2.45, 2.75) is 394 Å². The first kappa shape index (κ1) is 91.1. The minimum absolute atomic E-state index is 0.105. The number of aliphatic hydroxyl groups is 1. The van der Waals surface area contributed by atoms with Gasteiger partial charge in [-0.15, -0.1) is 0 Å². The van der Waals surface area contributed by atoms with Crippen molar-refractivity contribution in [2.75, 3.05) is 39.6 Å². The summed E-state index contributed by atoms with van der Waals surface area (Å²) in [7, 11) is -9.91. The van der Waals surface area contributed by atoms with Crippen molar-refractivity contribution in [2.24, 2.45) is 17.8 Å². The highest BCUT2D eigenvalue weighted by molar-refractivity contribution is 7.47. The zero-order valence-corrected chi connectivity index (χ0v) is 62.5. The smallest absolute Gasteiger partial charge is 0.462 e. The Balaban J connectivity index is 5.25. The fourth-order valence-corrected chi connectivity index (χ4v) is 12.8. The van der Waals surface area contributed by atoms with Crippen LogP contribution >= 0.6 is 15.6 Å². The molecule has 0 saturated heterocycles. The molecule has 552 valence electrons. The van der Waals surface area contributed by atoms with Gasteiger partial charge in [0.05, 0.1) is 26.4 Å². The Morgan fingerprint density at radius 3 is 0.817 bits per heavy atom. The molecule has 0 aromatic heterocycles. The molecule has 0 radical (unpaired) electrons. The Morgan fingerprint density at radius 1 is 0.312 bits per heavy atom. The topological polar surface area (TPSA) is 237 Å². The summed E-state index contributed by atoms with van der Waals surface area (Å²) in [5.41, 5.74) is 0. The quantitative estimate of drug-likeness (QED) is 0.0222. The number of ether oxygens (including phenoxy) is 4. The minimum Gasteiger partial charge on any atom is -0.462 e. The van der Waals surface area contributed by atoms with E-state index in [9.17, 15) is 43.2 Å². The average Bonchev–Trinajstić information content (AvgIpc) is 3.52. The molecule has 0 aliphatic heterocycles. The number of hydrogen-bond acceptors (Lipinski definition) is 15. The van der Waals surface area contributed by atoms with Crippen LogP contribution in [0.25, 0.3) is 0 Å². The van der Waals surface area contributed by atoms with Gasteiger partial charge in [-0.3, -0.25) is 37.3 Å². The van der Waals surface area contributed by atoms with Gasteiger partial charge in [-0.1, -0.05) is 325 Å². The lowest BCUT2D eigenvalue weighted by molar-refractivity contribution is -0.161. The Morgan fingerprint density at radius 2 is 0.548 bits per heavy atom. The second-order valence-corrected chi connectivity index (χ2v) is 30.8. The number of carbonyl (C=O) groups excluding carboxylic acids is 4. The number of phosphoric ester groups is 2. The molecule has 0 bridgehead atoms. The standard InChI is InChI=1S/C74H144O17P2/c1-8-10-11-12-13-14-26-34-41-48-55-71(76)84-62-70(91-74(79)58-51-44-37-30-29-33-40-47-54-67(7)9-2)64-89-93(82,83)87-60-68(75)59-86-92(80,81)88-63-69(61-85-72(77)56-49-42-35-27-23-19-21-25-32-39-46-53-66(5)6)90-73(78)57-50-43-36-28-22-18-16-15-17-20-24-31-38-45-52-65(3)4/h65-70,75H,8-64H2,1-7H3,(H,80,81)(H,82,83)/t67?,68-,69-,70-/m1/s1. The van der Waals surface area contributed by atoms with Gasteiger partial charge in [-0.2, -0.15) is 0 Å². The van der Waals surface area contributed by atoms with E-state index in [2.05, 4.69) is 48.5 Å². The molecule has 17 nitrogen and oxygen atoms in total. The van der Waals surface area contributed by atoms with Crippen LogP contribution in [-0.4, -0.2) is 96.7 Å². The van der Waals surface area contributed by atoms with Crippen LogP contribution in [-0.2, 0) is 65.4 Å². The molecule has 0 saturated carbocycles. The summed E-state index contributed by atoms with van der Waals surface area (Å²) in [6.45, 7) is 11.9. The van der Waals surface area contributed by atoms with E-state index in [0.717, 1.165) is 108 Å². The van der Waals surface area contributed by atoms with Gasteiger partial charge in [0, 0.05) is 25.7 Å². The molecule has 0 spiro atoms. The van der Waals surface area contributed by atoms with E-state index >= 15 is 0 Å². The van der Waals surface area contributed by atoms with E-state index in [-0.39, 0.29) is 25.7 Å². The highest BCUT2D eigenvalue weighted by atomic mass is 31.2. The average molecular weight is 1370 g/mol. The molecule has 0 rings (SSSR count). The van der Waals surface area contributed by atoms with E-state index in [0.29, 0.717) is 25.7 Å². The fraction of sp³-hybridized carbons (Fsp3) is 0.946. The molecule has 0 fully saturated rings. The van der Waals surface area contributed by atoms with Crippen molar-refractivity contribution in [1.82, 2.24) is 0 Å². The molecular weight excluding hydrogens is 1220 g/mol. The van der Waals surface area contributed by atoms with Crippen molar-refractivity contribution >= 4 is 39.5 Å². The minimum atomic E-state index is -4.96. The molecule has 19 heteroatoms. The molecule has 3 N–H and O–H groups in total. The van der Waals surface area contributed by atoms with Crippen LogP contribution in [0.5, 0.6) is 0 Å². The number of aliphatic hydroxyl groups excluding tert-OH is 1. The van der Waals surface area contributed by atoms with E-state index in [1.54, 1.807) is 0 Å². The molecule has 0 aliphatic rings. The fourth-order valence-electron chi connectivity index (χ4n) is 11.2. The third kappa shape index (κ3) is 67.0. The Hall–Kier alpha value is -1.94. The summed E-state index contributed by atoms with van der Waals surface area (Å²) in [5, 5.41) is 10.6. The van der Waals surface area contributed by atoms with Crippen LogP contribution in [0.1, 0.15) is 376 Å². The summed E-state index contributed by atoms with van der Waals surface area (Å²) in [4.78, 5) is 72.7. The molecule has 0 aliphatic carbocycles. The molecule has 3 unspecified atom stereocenters. The largest absolute Gasteiger partial charge is 0.472 e. The zero-order valence-electron chi connectivity index (χ0n) is 60.7. The molecule has 0 heterocycles. The maximum Gasteiger partial charge on any atom is 0.472 e. The van der Waals surface area contributed by atoms with Gasteiger partial charge >= 0.3 is 39.5 Å². The van der Waals surface area contributed by atoms with Crippen molar-refractivity contribution < 1.29 is 80.2 Å². The second kappa shape index (κ2) is 64.7. The third-order valence-electron chi connectivity index (χ3n) is 17.5. The number of esters is 4. The summed E-state index contributed by atoms with van der Waals surface area (Å²) in [6, 6.07) is 0. The van der Waals surface area contributed by atoms with Gasteiger partial charge in [0.15, 0.2) is 12.2 Å². The van der Waals surface area contributed by atoms with E-state index in [1.165, 1.54) is 186 Å². The van der Waals surface area contributed by atoms with Gasteiger partial charge in [-0.25, -0.2) is 9.13 Å². The first-order valence-corrected chi connectivity index (χ1v) is 41.4. The molecule has 0 aromatic rings. The van der Waals surface area contributed by atoms with Crippen LogP contribution < -0.4 is 0 Å². The van der Waals surface area contributed by atoms with Crippen LogP contribution in [0, 0.1) is 17.8 Å². The van der Waals surface area contributed by atoms with Gasteiger partial charge in [-0.05, 0) is 43.4 Å². The van der Waals surface area contributed by atoms with E-state index < -0.39 is 97.5 Å². The highest BCUT2D eigenvalue weighted by Gasteiger charge is 2.30. The first-order chi connectivity index (χ1) is 44.8. The van der Waals surface area contributed by atoms with Crippen LogP contribution in [0.4, 0.5) is 0 Å². The lowest BCUT2D eigenvalue weighted by atomic mass is 9.99. The monoisotopic (exact) mass is 1370 g/mol. The van der Waals surface area contributed by atoms with Crippen molar-refractivity contribution in [1.29, 1.82) is 0 Å². The summed E-state index contributed by atoms with van der Waals surface area (Å²) in [5.74, 6) is 0.215. The number of carbonyl (C=O) groups is 4. The third-order valence-corrected chi connectivity index (χ3v) is 19.4. The predicted molar refractivity (Wildman–Crippen MR) is 377 cm³/mol. The summed E-state index contributed by atoms with van der Waals surface area (Å²) >= 11 is 0. The van der Waals surface area contributed by atoms with Crippen molar-refractivity contribution in [3.8, 4) is 0 Å². The maximum atomic E-state index is 13.1. The summed E-state index contributed by atoms with van der Waals surface area (Å²) in [6.07, 6.45) is 49.8. The van der Waals surface area contributed by atoms with Crippen LogP contribution in [0.2, 0.25) is 0 Å². The second-order valence-electron chi connectivity index (χ2n) is 27.9. The number of rotatable bonds is 72. The Labute approximate surface area is 568 Å². The predicted octanol–water partition coefficient (Wildman–Crippen LogP) is 21.4. The van der Waals surface area contributed by atoms with Crippen LogP contribution in [0.3, 0.4) is 0 Å². The van der Waals surface area contributed by atoms with Crippen molar-refractivity contribution in [3.63, 3.8) is 0 Å². The van der Waals surface area contributed by atoms with Gasteiger partial charge in [0.1, 0.15) is 19.3 Å². The lowest BCUT2D eigenvalue weighted by Crippen LogP contribution is -2.30. The Bertz CT molecular complexity index is 1820. The number of phosphoric acid groups is 2. The van der Waals surface area contributed by atoms with Crippen LogP contribution in [0.15, 0.2) is 0 Å². The summed E-state index contributed by atoms with van der Waals surface area (Å²) < 4.78 is 68.4. The van der Waals surface area contributed by atoms with E-state index in [4.69, 9.17) is 37.0 Å². The Kier molecular flexibility index (Phi) is 63.4. The first-order valence-electron chi connectivity index (χ1n) is 38.4. The van der Waals surface area contributed by atoms with Gasteiger partial charge in [0.2, 0.25) is 0 Å². The SMILES string of the molecule is CCCCCCCCCCCCC(=O)OC[C@H](COP(=O)(O)OC[C@H](O)COP(=O)(O)OC[C@@H](COC(=O)CCCCCCCCCCCCCC(C)C)OC(=O)CCCCCCCCCCCCCCCCC(C)C)OC(=O)CCCCCCCCCCC(C)CC. The normalized spacial score (nSPS) is 14.4. The molecule has 6 atom stereocenters. The molecule has 0 amide bonds. The number of hydrogen-bond donors (Lipinski definition) is 3. The highest BCUT2D eigenvalue weighted by Crippen LogP contribution is 2.45. The zero-order chi connectivity index (χ0) is 68.7. The molecular formula is C74H144O17P2. The van der Waals surface area contributed by atoms with Gasteiger partial charge in [0.25, 0.3) is 0 Å². The number of unbranched alkanes of at least 4 members (excludes halogenated alkanes) is 39. The van der Waals surface area contributed by atoms with Gasteiger partial charge < -0.3 is 33.8 Å². The molecule has 0 aromatic carbocycles. The molecule has 93 heavy (non-hydrogen) atoms. The van der Waals surface area contributed by atoms with Crippen molar-refractivity contribution in [3.05, 3.63) is 0 Å².